The second kappa shape index (κ2) is 9.67. The molecule has 2 amide bonds. The van der Waals surface area contributed by atoms with E-state index in [0.717, 1.165) is 47.4 Å². The molecule has 0 bridgehead atoms. The molecule has 1 aliphatic rings. The van der Waals surface area contributed by atoms with Gasteiger partial charge in [-0.3, -0.25) is 14.4 Å². The minimum Gasteiger partial charge on any atom is -0.454 e. The van der Waals surface area contributed by atoms with Crippen molar-refractivity contribution in [2.45, 2.75) is 39.0 Å². The third-order valence-electron chi connectivity index (χ3n) is 4.51. The molecule has 2 aromatic rings. The van der Waals surface area contributed by atoms with E-state index in [0.29, 0.717) is 15.4 Å². The van der Waals surface area contributed by atoms with Gasteiger partial charge in [0.1, 0.15) is 17.6 Å². The number of carbonyl (C=O) groups is 3. The molecule has 2 N–H and O–H groups in total. The number of carbonyl (C=O) groups excluding carboxylic acids is 3. The van der Waals surface area contributed by atoms with E-state index in [4.69, 9.17) is 4.74 Å². The predicted octanol–water partition coefficient (Wildman–Crippen LogP) is 3.17. The summed E-state index contributed by atoms with van der Waals surface area (Å²) in [6, 6.07) is 5.70. The lowest BCUT2D eigenvalue weighted by molar-refractivity contribution is -0.146. The highest BCUT2D eigenvalue weighted by atomic mass is 32.1. The van der Waals surface area contributed by atoms with E-state index in [1.165, 1.54) is 22.7 Å². The Morgan fingerprint density at radius 2 is 1.97 bits per heavy atom. The van der Waals surface area contributed by atoms with Crippen LogP contribution >= 0.6 is 22.7 Å². The number of hydrogen-bond donors (Lipinski definition) is 2. The van der Waals surface area contributed by atoms with Gasteiger partial charge in [-0.05, 0) is 50.3 Å². The zero-order chi connectivity index (χ0) is 20.8. The van der Waals surface area contributed by atoms with Crippen molar-refractivity contribution in [1.82, 2.24) is 5.32 Å². The van der Waals surface area contributed by atoms with Crippen LogP contribution in [0.25, 0.3) is 0 Å². The highest BCUT2D eigenvalue weighted by Gasteiger charge is 2.21. The van der Waals surface area contributed by atoms with Gasteiger partial charge < -0.3 is 15.4 Å². The van der Waals surface area contributed by atoms with E-state index in [1.54, 1.807) is 6.07 Å². The molecule has 2 aromatic heterocycles. The number of amides is 2. The zero-order valence-corrected chi connectivity index (χ0v) is 17.6. The average molecular weight is 432 g/mol. The molecular formula is C20H21N3O4S2. The van der Waals surface area contributed by atoms with Gasteiger partial charge in [0.25, 0.3) is 11.8 Å². The smallest absolute Gasteiger partial charge is 0.325 e. The summed E-state index contributed by atoms with van der Waals surface area (Å²) < 4.78 is 4.92. The van der Waals surface area contributed by atoms with Gasteiger partial charge in [-0.25, -0.2) is 0 Å². The fraction of sp³-hybridized carbons (Fsp3) is 0.400. The van der Waals surface area contributed by atoms with Gasteiger partial charge in [0.05, 0.1) is 10.4 Å². The van der Waals surface area contributed by atoms with Crippen molar-refractivity contribution in [3.63, 3.8) is 0 Å². The summed E-state index contributed by atoms with van der Waals surface area (Å²) in [5.41, 5.74) is 1.55. The molecule has 0 saturated heterocycles. The molecule has 3 rings (SSSR count). The van der Waals surface area contributed by atoms with E-state index >= 15 is 0 Å². The first-order valence-corrected chi connectivity index (χ1v) is 11.0. The lowest BCUT2D eigenvalue weighted by atomic mass is 10.1. The van der Waals surface area contributed by atoms with E-state index in [9.17, 15) is 19.6 Å². The number of fused-ring (bicyclic) bond motifs is 1. The van der Waals surface area contributed by atoms with Crippen molar-refractivity contribution in [3.05, 3.63) is 37.9 Å². The Bertz CT molecular complexity index is 971. The first-order valence-electron chi connectivity index (χ1n) is 9.32. The molecule has 152 valence electrons. The molecule has 7 nitrogen and oxygen atoms in total. The number of thiophene rings is 2. The first kappa shape index (κ1) is 21.0. The molecular weight excluding hydrogens is 410 g/mol. The van der Waals surface area contributed by atoms with Crippen LogP contribution < -0.4 is 10.6 Å². The van der Waals surface area contributed by atoms with Gasteiger partial charge in [-0.2, -0.15) is 5.26 Å². The Labute approximate surface area is 176 Å². The first-order chi connectivity index (χ1) is 14.0. The Balaban J connectivity index is 1.48. The van der Waals surface area contributed by atoms with Crippen LogP contribution in [0.3, 0.4) is 0 Å². The summed E-state index contributed by atoms with van der Waals surface area (Å²) in [4.78, 5) is 38.5. The Morgan fingerprint density at radius 3 is 2.69 bits per heavy atom. The number of ether oxygens (including phenoxy) is 1. The Hall–Kier alpha value is -2.70. The summed E-state index contributed by atoms with van der Waals surface area (Å²) in [7, 11) is 0. The van der Waals surface area contributed by atoms with Crippen LogP contribution in [0.15, 0.2) is 12.1 Å². The van der Waals surface area contributed by atoms with Crippen LogP contribution in [-0.2, 0) is 27.2 Å². The van der Waals surface area contributed by atoms with Gasteiger partial charge >= 0.3 is 5.97 Å². The Kier molecular flexibility index (Phi) is 7.01. The normalized spacial score (nSPS) is 13.0. The number of hydrogen-bond acceptors (Lipinski definition) is 7. The third-order valence-corrected chi connectivity index (χ3v) is 6.71. The summed E-state index contributed by atoms with van der Waals surface area (Å²) >= 11 is 2.75. The molecule has 1 aliphatic carbocycles. The Morgan fingerprint density at radius 1 is 1.17 bits per heavy atom. The number of nitrogens with zero attached hydrogens (tertiary/aromatic N) is 1. The highest BCUT2D eigenvalue weighted by molar-refractivity contribution is 7.16. The van der Waals surface area contributed by atoms with Crippen LogP contribution in [0.4, 0.5) is 5.00 Å². The maximum absolute atomic E-state index is 12.2. The van der Waals surface area contributed by atoms with Crippen molar-refractivity contribution in [2.75, 3.05) is 18.5 Å². The minimum atomic E-state index is -0.704. The second-order valence-corrected chi connectivity index (χ2v) is 9.08. The van der Waals surface area contributed by atoms with Crippen LogP contribution in [0, 0.1) is 18.3 Å². The van der Waals surface area contributed by atoms with Gasteiger partial charge in [0.2, 0.25) is 0 Å². The van der Waals surface area contributed by atoms with Gasteiger partial charge in [0, 0.05) is 9.75 Å². The largest absolute Gasteiger partial charge is 0.454 e. The minimum absolute atomic E-state index is 0.320. The molecule has 2 heterocycles. The number of nitrogens with one attached hydrogen (secondary N) is 2. The van der Waals surface area contributed by atoms with Gasteiger partial charge in [0.15, 0.2) is 6.61 Å². The maximum Gasteiger partial charge on any atom is 0.325 e. The topological polar surface area (TPSA) is 108 Å². The number of nitriles is 1. The summed E-state index contributed by atoms with van der Waals surface area (Å²) in [5.74, 6) is -1.57. The van der Waals surface area contributed by atoms with Crippen LogP contribution in [0.5, 0.6) is 0 Å². The van der Waals surface area contributed by atoms with Crippen molar-refractivity contribution >= 4 is 45.5 Å². The lowest BCUT2D eigenvalue weighted by Gasteiger charge is -2.07. The number of esters is 1. The standard InChI is InChI=1S/C20H21N3O4S2/c1-12-7-8-16(28-12)19(26)22-10-18(25)27-11-17(24)23-20-14(9-21)13-5-3-2-4-6-15(13)29-20/h7-8H,2-6,10-11H2,1H3,(H,22,26)(H,23,24). The van der Waals surface area contributed by atoms with E-state index in [2.05, 4.69) is 16.7 Å². The molecule has 29 heavy (non-hydrogen) atoms. The van der Waals surface area contributed by atoms with Gasteiger partial charge in [-0.1, -0.05) is 6.42 Å². The zero-order valence-electron chi connectivity index (χ0n) is 16.0. The van der Waals surface area contributed by atoms with Crippen LogP contribution in [0.1, 0.15) is 49.8 Å². The third kappa shape index (κ3) is 5.43. The summed E-state index contributed by atoms with van der Waals surface area (Å²) in [6.45, 7) is 1.09. The molecule has 0 radical (unpaired) electrons. The maximum atomic E-state index is 12.2. The van der Waals surface area contributed by atoms with Crippen LogP contribution in [-0.4, -0.2) is 30.9 Å². The molecule has 0 unspecified atom stereocenters. The van der Waals surface area contributed by atoms with E-state index in [-0.39, 0.29) is 12.5 Å². The molecule has 0 fully saturated rings. The molecule has 0 saturated carbocycles. The molecule has 0 aromatic carbocycles. The fourth-order valence-electron chi connectivity index (χ4n) is 3.10. The predicted molar refractivity (Wildman–Crippen MR) is 111 cm³/mol. The van der Waals surface area contributed by atoms with Crippen molar-refractivity contribution < 1.29 is 19.1 Å². The lowest BCUT2D eigenvalue weighted by Crippen LogP contribution is -2.31. The average Bonchev–Trinajstić information content (AvgIpc) is 3.20. The van der Waals surface area contributed by atoms with Crippen molar-refractivity contribution in [1.29, 1.82) is 5.26 Å². The van der Waals surface area contributed by atoms with E-state index < -0.39 is 18.5 Å². The van der Waals surface area contributed by atoms with E-state index in [1.807, 2.05) is 13.0 Å². The summed E-state index contributed by atoms with van der Waals surface area (Å²) in [5, 5.41) is 15.1. The highest BCUT2D eigenvalue weighted by Crippen LogP contribution is 2.36. The molecule has 0 spiro atoms. The number of anilines is 1. The van der Waals surface area contributed by atoms with Gasteiger partial charge in [-0.15, -0.1) is 22.7 Å². The molecule has 0 aliphatic heterocycles. The summed E-state index contributed by atoms with van der Waals surface area (Å²) in [6.07, 6.45) is 5.04. The van der Waals surface area contributed by atoms with Crippen molar-refractivity contribution in [2.24, 2.45) is 0 Å². The second-order valence-electron chi connectivity index (χ2n) is 6.68. The monoisotopic (exact) mass is 431 g/mol. The quantitative estimate of drug-likeness (QED) is 0.539. The van der Waals surface area contributed by atoms with Crippen molar-refractivity contribution in [3.8, 4) is 6.07 Å². The number of rotatable bonds is 6. The molecule has 9 heteroatoms. The molecule has 0 atom stereocenters. The SMILES string of the molecule is Cc1ccc(C(=O)NCC(=O)OCC(=O)Nc2sc3c(c2C#N)CCCCC3)s1. The fourth-order valence-corrected chi connectivity index (χ4v) is 5.14. The van der Waals surface area contributed by atoms with Crippen LogP contribution in [0.2, 0.25) is 0 Å². The number of aryl methyl sites for hydroxylation is 2.